The van der Waals surface area contributed by atoms with E-state index in [1.165, 1.54) is 0 Å². The molecule has 0 aliphatic carbocycles. The van der Waals surface area contributed by atoms with E-state index in [0.29, 0.717) is 10.9 Å². The number of rotatable bonds is 7. The van der Waals surface area contributed by atoms with Crippen LogP contribution in [0.4, 0.5) is 0 Å². The van der Waals surface area contributed by atoms with Crippen LogP contribution in [0.25, 0.3) is 0 Å². The van der Waals surface area contributed by atoms with Gasteiger partial charge in [-0.25, -0.2) is 0 Å². The lowest BCUT2D eigenvalue weighted by atomic mass is 9.97. The van der Waals surface area contributed by atoms with Crippen LogP contribution in [0.2, 0.25) is 5.02 Å². The van der Waals surface area contributed by atoms with E-state index in [1.807, 2.05) is 18.8 Å². The lowest BCUT2D eigenvalue weighted by molar-refractivity contribution is 0.181. The van der Waals surface area contributed by atoms with Crippen LogP contribution in [0, 0.1) is 5.92 Å². The van der Waals surface area contributed by atoms with Crippen molar-refractivity contribution < 1.29 is 4.74 Å². The molecule has 20 heavy (non-hydrogen) atoms. The minimum atomic E-state index is 0.0128. The fourth-order valence-corrected chi connectivity index (χ4v) is 2.83. The Balaban J connectivity index is 2.08. The van der Waals surface area contributed by atoms with Crippen LogP contribution in [0.5, 0.6) is 0 Å². The van der Waals surface area contributed by atoms with Crippen molar-refractivity contribution in [3.63, 3.8) is 0 Å². The standard InChI is InChI=1S/C13H24ClN5O/c1-18(2)4-5-19-13(11(14)8-16-19)12(17-15)7-10-3-6-20-9-10/h8,10,12,17H,3-7,9,15H2,1-2H3. The van der Waals surface area contributed by atoms with E-state index >= 15 is 0 Å². The molecule has 3 N–H and O–H groups in total. The van der Waals surface area contributed by atoms with Gasteiger partial charge in [0.2, 0.25) is 0 Å². The molecule has 6 nitrogen and oxygen atoms in total. The van der Waals surface area contributed by atoms with Crippen LogP contribution in [-0.2, 0) is 11.3 Å². The van der Waals surface area contributed by atoms with E-state index in [4.69, 9.17) is 22.2 Å². The quantitative estimate of drug-likeness (QED) is 0.581. The zero-order valence-electron chi connectivity index (χ0n) is 12.2. The molecule has 1 aromatic rings. The van der Waals surface area contributed by atoms with Crippen molar-refractivity contribution in [2.45, 2.75) is 25.4 Å². The molecule has 0 radical (unpaired) electrons. The van der Waals surface area contributed by atoms with Crippen molar-refractivity contribution >= 4 is 11.6 Å². The van der Waals surface area contributed by atoms with E-state index in [9.17, 15) is 0 Å². The molecule has 0 bridgehead atoms. The largest absolute Gasteiger partial charge is 0.381 e. The van der Waals surface area contributed by atoms with Gasteiger partial charge in [-0.1, -0.05) is 11.6 Å². The molecule has 2 rings (SSSR count). The van der Waals surface area contributed by atoms with Gasteiger partial charge in [0.1, 0.15) is 0 Å². The van der Waals surface area contributed by atoms with Gasteiger partial charge < -0.3 is 9.64 Å². The predicted molar refractivity (Wildman–Crippen MR) is 79.4 cm³/mol. The summed E-state index contributed by atoms with van der Waals surface area (Å²) in [5, 5.41) is 5.03. The highest BCUT2D eigenvalue weighted by Crippen LogP contribution is 2.30. The van der Waals surface area contributed by atoms with Crippen molar-refractivity contribution in [1.82, 2.24) is 20.1 Å². The van der Waals surface area contributed by atoms with Gasteiger partial charge in [-0.15, -0.1) is 0 Å². The number of nitrogens with one attached hydrogen (secondary N) is 1. The summed E-state index contributed by atoms with van der Waals surface area (Å²) in [6.07, 6.45) is 3.70. The topological polar surface area (TPSA) is 68.3 Å². The Hall–Kier alpha value is -0.660. The summed E-state index contributed by atoms with van der Waals surface area (Å²) in [5.41, 5.74) is 3.86. The maximum absolute atomic E-state index is 6.30. The van der Waals surface area contributed by atoms with Crippen LogP contribution in [0.15, 0.2) is 6.20 Å². The molecular weight excluding hydrogens is 278 g/mol. The SMILES string of the molecule is CN(C)CCn1ncc(Cl)c1C(CC1CCOC1)NN. The summed E-state index contributed by atoms with van der Waals surface area (Å²) in [5.74, 6) is 6.27. The van der Waals surface area contributed by atoms with Crippen LogP contribution in [0.3, 0.4) is 0 Å². The Bertz CT molecular complexity index is 417. The van der Waals surface area contributed by atoms with Crippen molar-refractivity contribution in [1.29, 1.82) is 0 Å². The number of halogens is 1. The Morgan fingerprint density at radius 3 is 3.05 bits per heavy atom. The third-order valence-electron chi connectivity index (χ3n) is 3.72. The number of hydrogen-bond acceptors (Lipinski definition) is 5. The molecule has 1 saturated heterocycles. The lowest BCUT2D eigenvalue weighted by Gasteiger charge is -2.21. The molecular formula is C13H24ClN5O. The Morgan fingerprint density at radius 1 is 1.65 bits per heavy atom. The van der Waals surface area contributed by atoms with E-state index in [-0.39, 0.29) is 6.04 Å². The zero-order chi connectivity index (χ0) is 14.5. The van der Waals surface area contributed by atoms with Crippen LogP contribution < -0.4 is 11.3 Å². The number of ether oxygens (including phenoxy) is 1. The first-order chi connectivity index (χ1) is 9.61. The van der Waals surface area contributed by atoms with E-state index < -0.39 is 0 Å². The minimum absolute atomic E-state index is 0.0128. The van der Waals surface area contributed by atoms with Crippen molar-refractivity contribution in [2.75, 3.05) is 33.9 Å². The number of hydrogen-bond donors (Lipinski definition) is 2. The molecule has 1 fully saturated rings. The van der Waals surface area contributed by atoms with Gasteiger partial charge >= 0.3 is 0 Å². The summed E-state index contributed by atoms with van der Waals surface area (Å²) in [6.45, 7) is 3.36. The minimum Gasteiger partial charge on any atom is -0.381 e. The number of aromatic nitrogens is 2. The maximum Gasteiger partial charge on any atom is 0.0834 e. The number of likely N-dealkylation sites (N-methyl/N-ethyl adjacent to an activating group) is 1. The Morgan fingerprint density at radius 2 is 2.45 bits per heavy atom. The highest BCUT2D eigenvalue weighted by atomic mass is 35.5. The molecule has 0 spiro atoms. The second-order valence-corrected chi connectivity index (χ2v) is 6.00. The first-order valence-corrected chi connectivity index (χ1v) is 7.39. The van der Waals surface area contributed by atoms with Gasteiger partial charge in [0, 0.05) is 19.8 Å². The van der Waals surface area contributed by atoms with Crippen molar-refractivity contribution in [2.24, 2.45) is 11.8 Å². The second kappa shape index (κ2) is 7.38. The normalized spacial score (nSPS) is 20.8. The lowest BCUT2D eigenvalue weighted by Crippen LogP contribution is -2.32. The zero-order valence-corrected chi connectivity index (χ0v) is 12.9. The fraction of sp³-hybridized carbons (Fsp3) is 0.769. The first kappa shape index (κ1) is 15.7. The molecule has 1 aliphatic rings. The summed E-state index contributed by atoms with van der Waals surface area (Å²) in [4.78, 5) is 2.12. The average Bonchev–Trinajstić information content (AvgIpc) is 3.03. The third kappa shape index (κ3) is 3.93. The first-order valence-electron chi connectivity index (χ1n) is 7.01. The molecule has 1 aromatic heterocycles. The van der Waals surface area contributed by atoms with Gasteiger partial charge in [0.15, 0.2) is 0 Å². The molecule has 2 unspecified atom stereocenters. The van der Waals surface area contributed by atoms with Gasteiger partial charge in [0.05, 0.1) is 29.5 Å². The van der Waals surface area contributed by atoms with Crippen LogP contribution >= 0.6 is 11.6 Å². The highest BCUT2D eigenvalue weighted by Gasteiger charge is 2.25. The predicted octanol–water partition coefficient (Wildman–Crippen LogP) is 1.03. The number of nitrogens with zero attached hydrogens (tertiary/aromatic N) is 3. The van der Waals surface area contributed by atoms with E-state index in [0.717, 1.165) is 44.8 Å². The molecule has 114 valence electrons. The molecule has 1 aliphatic heterocycles. The number of nitrogens with two attached hydrogens (primary N) is 1. The van der Waals surface area contributed by atoms with Gasteiger partial charge in [0.25, 0.3) is 0 Å². The van der Waals surface area contributed by atoms with Crippen LogP contribution in [-0.4, -0.2) is 48.5 Å². The summed E-state index contributed by atoms with van der Waals surface area (Å²) in [6, 6.07) is 0.0128. The summed E-state index contributed by atoms with van der Waals surface area (Å²) in [7, 11) is 4.08. The number of hydrazine groups is 1. The molecule has 2 atom stereocenters. The van der Waals surface area contributed by atoms with Crippen molar-refractivity contribution in [3.8, 4) is 0 Å². The summed E-state index contributed by atoms with van der Waals surface area (Å²) < 4.78 is 7.38. The average molecular weight is 302 g/mol. The summed E-state index contributed by atoms with van der Waals surface area (Å²) >= 11 is 6.30. The second-order valence-electron chi connectivity index (χ2n) is 5.59. The van der Waals surface area contributed by atoms with Gasteiger partial charge in [-0.05, 0) is 32.9 Å². The molecule has 7 heteroatoms. The van der Waals surface area contributed by atoms with E-state index in [2.05, 4.69) is 15.4 Å². The fourth-order valence-electron chi connectivity index (χ4n) is 2.55. The third-order valence-corrected chi connectivity index (χ3v) is 4.01. The highest BCUT2D eigenvalue weighted by molar-refractivity contribution is 6.31. The molecule has 0 aromatic carbocycles. The van der Waals surface area contributed by atoms with Crippen molar-refractivity contribution in [3.05, 3.63) is 16.9 Å². The smallest absolute Gasteiger partial charge is 0.0834 e. The molecule has 2 heterocycles. The Kier molecular flexibility index (Phi) is 5.80. The van der Waals surface area contributed by atoms with Crippen LogP contribution in [0.1, 0.15) is 24.6 Å². The molecule has 0 amide bonds. The van der Waals surface area contributed by atoms with Gasteiger partial charge in [-0.3, -0.25) is 16.0 Å². The van der Waals surface area contributed by atoms with Gasteiger partial charge in [-0.2, -0.15) is 5.10 Å². The Labute approximate surface area is 125 Å². The monoisotopic (exact) mass is 301 g/mol. The molecule has 0 saturated carbocycles. The maximum atomic E-state index is 6.30. The van der Waals surface area contributed by atoms with E-state index in [1.54, 1.807) is 6.20 Å².